The molecule has 0 aliphatic rings. The van der Waals surface area contributed by atoms with Gasteiger partial charge in [-0.25, -0.2) is 9.97 Å². The van der Waals surface area contributed by atoms with Gasteiger partial charge in [0.2, 0.25) is 0 Å². The van der Waals surface area contributed by atoms with Gasteiger partial charge in [-0.3, -0.25) is 4.90 Å². The van der Waals surface area contributed by atoms with Gasteiger partial charge < -0.3 is 15.6 Å². The molecule has 2 aromatic rings. The van der Waals surface area contributed by atoms with E-state index in [4.69, 9.17) is 15.6 Å². The Hall–Kier alpha value is -1.28. The molecule has 0 radical (unpaired) electrons. The molecule has 3 N–H and O–H groups in total. The van der Waals surface area contributed by atoms with Crippen LogP contribution in [-0.4, -0.2) is 53.4 Å². The maximum atomic E-state index is 9.06. The number of hydrogen-bond acceptors (Lipinski definition) is 7. The number of aliphatic hydroxyl groups excluding tert-OH is 1. The first-order valence-corrected chi connectivity index (χ1v) is 6.94. The molecule has 0 bridgehead atoms. The van der Waals surface area contributed by atoms with Gasteiger partial charge in [0.15, 0.2) is 0 Å². The quantitative estimate of drug-likeness (QED) is 0.778. The predicted octanol–water partition coefficient (Wildman–Crippen LogP) is 0.714. The second-order valence-electron chi connectivity index (χ2n) is 4.16. The van der Waals surface area contributed by atoms with E-state index in [-0.39, 0.29) is 6.61 Å². The second-order valence-corrected chi connectivity index (χ2v) is 5.05. The number of fused-ring (bicyclic) bond motifs is 1. The fourth-order valence-electron chi connectivity index (χ4n) is 1.83. The minimum absolute atomic E-state index is 0.0977. The van der Waals surface area contributed by atoms with E-state index >= 15 is 0 Å². The third-order valence-electron chi connectivity index (χ3n) is 2.79. The maximum absolute atomic E-state index is 9.06. The summed E-state index contributed by atoms with van der Waals surface area (Å²) in [6, 6.07) is 1.93. The van der Waals surface area contributed by atoms with Gasteiger partial charge in [-0.2, -0.15) is 0 Å². The Morgan fingerprint density at radius 1 is 1.42 bits per heavy atom. The van der Waals surface area contributed by atoms with E-state index in [2.05, 4.69) is 9.97 Å². The lowest BCUT2D eigenvalue weighted by atomic mass is 10.3. The number of rotatable bonds is 7. The molecule has 2 rings (SSSR count). The Kier molecular flexibility index (Phi) is 5.03. The lowest BCUT2D eigenvalue weighted by molar-refractivity contribution is 0.125. The first-order chi connectivity index (χ1) is 9.24. The number of nitrogens with two attached hydrogens (primary N) is 1. The summed E-state index contributed by atoms with van der Waals surface area (Å²) in [5.41, 5.74) is 5.91. The minimum Gasteiger partial charge on any atom is -0.395 e. The lowest BCUT2D eigenvalue weighted by Crippen LogP contribution is -2.30. The predicted molar refractivity (Wildman–Crippen MR) is 76.1 cm³/mol. The SMILES string of the molecule is COCCN(CCO)Cc1nc(N)c2ccsc2n1. The van der Waals surface area contributed by atoms with E-state index in [1.165, 1.54) is 0 Å². The van der Waals surface area contributed by atoms with Crippen LogP contribution in [-0.2, 0) is 11.3 Å². The van der Waals surface area contributed by atoms with Gasteiger partial charge in [-0.1, -0.05) is 0 Å². The number of nitrogen functional groups attached to an aromatic ring is 1. The fraction of sp³-hybridized carbons (Fsp3) is 0.500. The smallest absolute Gasteiger partial charge is 0.146 e. The molecule has 0 saturated carbocycles. The molecule has 0 aromatic carbocycles. The summed E-state index contributed by atoms with van der Waals surface area (Å²) in [6.45, 7) is 2.55. The van der Waals surface area contributed by atoms with Gasteiger partial charge in [-0.15, -0.1) is 11.3 Å². The van der Waals surface area contributed by atoms with Crippen molar-refractivity contribution in [3.05, 3.63) is 17.3 Å². The molecule has 0 amide bonds. The van der Waals surface area contributed by atoms with Gasteiger partial charge in [0.1, 0.15) is 16.5 Å². The summed E-state index contributed by atoms with van der Waals surface area (Å²) in [5, 5.41) is 11.9. The zero-order chi connectivity index (χ0) is 13.7. The molecule has 0 spiro atoms. The molecular weight excluding hydrogens is 264 g/mol. The largest absolute Gasteiger partial charge is 0.395 e. The number of anilines is 1. The van der Waals surface area contributed by atoms with Crippen molar-refractivity contribution in [3.8, 4) is 0 Å². The molecule has 0 atom stereocenters. The van der Waals surface area contributed by atoms with Crippen LogP contribution >= 0.6 is 11.3 Å². The summed E-state index contributed by atoms with van der Waals surface area (Å²) in [6.07, 6.45) is 0. The van der Waals surface area contributed by atoms with Gasteiger partial charge in [-0.05, 0) is 11.4 Å². The number of ether oxygens (including phenoxy) is 1. The number of aliphatic hydroxyl groups is 1. The van der Waals surface area contributed by atoms with Crippen LogP contribution in [0.1, 0.15) is 5.82 Å². The van der Waals surface area contributed by atoms with E-state index in [1.54, 1.807) is 18.4 Å². The topological polar surface area (TPSA) is 84.5 Å². The first kappa shape index (κ1) is 14.1. The second kappa shape index (κ2) is 6.76. The van der Waals surface area contributed by atoms with Crippen molar-refractivity contribution in [2.75, 3.05) is 39.1 Å². The highest BCUT2D eigenvalue weighted by Crippen LogP contribution is 2.23. The minimum atomic E-state index is 0.0977. The normalized spacial score (nSPS) is 11.5. The highest BCUT2D eigenvalue weighted by atomic mass is 32.1. The fourth-order valence-corrected chi connectivity index (χ4v) is 2.62. The van der Waals surface area contributed by atoms with E-state index < -0.39 is 0 Å². The molecule has 0 saturated heterocycles. The van der Waals surface area contributed by atoms with E-state index in [0.29, 0.717) is 31.3 Å². The Labute approximate surface area is 115 Å². The van der Waals surface area contributed by atoms with Crippen LogP contribution in [0.2, 0.25) is 0 Å². The molecule has 0 unspecified atom stereocenters. The van der Waals surface area contributed by atoms with Crippen molar-refractivity contribution in [2.45, 2.75) is 6.54 Å². The highest BCUT2D eigenvalue weighted by molar-refractivity contribution is 7.16. The average Bonchev–Trinajstić information content (AvgIpc) is 2.85. The van der Waals surface area contributed by atoms with Crippen LogP contribution in [0.4, 0.5) is 5.82 Å². The number of hydrogen-bond donors (Lipinski definition) is 2. The Morgan fingerprint density at radius 2 is 2.26 bits per heavy atom. The number of thiophene rings is 1. The van der Waals surface area contributed by atoms with Crippen LogP contribution < -0.4 is 5.73 Å². The van der Waals surface area contributed by atoms with Crippen LogP contribution in [0.3, 0.4) is 0 Å². The summed E-state index contributed by atoms with van der Waals surface area (Å²) in [4.78, 5) is 11.7. The zero-order valence-electron chi connectivity index (χ0n) is 10.9. The summed E-state index contributed by atoms with van der Waals surface area (Å²) in [7, 11) is 1.66. The van der Waals surface area contributed by atoms with Crippen LogP contribution in [0.5, 0.6) is 0 Å². The molecule has 7 heteroatoms. The van der Waals surface area contributed by atoms with Crippen LogP contribution in [0.15, 0.2) is 11.4 Å². The Balaban J connectivity index is 2.13. The summed E-state index contributed by atoms with van der Waals surface area (Å²) >= 11 is 1.55. The van der Waals surface area contributed by atoms with Crippen molar-refractivity contribution in [2.24, 2.45) is 0 Å². The Bertz CT molecular complexity index is 531. The molecular formula is C12H18N4O2S. The average molecular weight is 282 g/mol. The van der Waals surface area contributed by atoms with E-state index in [9.17, 15) is 0 Å². The molecule has 0 aliphatic carbocycles. The van der Waals surface area contributed by atoms with Crippen molar-refractivity contribution in [1.82, 2.24) is 14.9 Å². The molecule has 0 aliphatic heterocycles. The van der Waals surface area contributed by atoms with Crippen LogP contribution in [0, 0.1) is 0 Å². The van der Waals surface area contributed by atoms with Gasteiger partial charge >= 0.3 is 0 Å². The lowest BCUT2D eigenvalue weighted by Gasteiger charge is -2.19. The Morgan fingerprint density at radius 3 is 3.00 bits per heavy atom. The van der Waals surface area contributed by atoms with Crippen molar-refractivity contribution in [1.29, 1.82) is 0 Å². The maximum Gasteiger partial charge on any atom is 0.146 e. The van der Waals surface area contributed by atoms with Crippen molar-refractivity contribution >= 4 is 27.4 Å². The molecule has 19 heavy (non-hydrogen) atoms. The third-order valence-corrected chi connectivity index (χ3v) is 3.60. The standard InChI is InChI=1S/C12H18N4O2S/c1-18-6-4-16(3-5-17)8-10-14-11(13)9-2-7-19-12(9)15-10/h2,7,17H,3-6,8H2,1H3,(H2,13,14,15). The number of nitrogens with zero attached hydrogens (tertiary/aromatic N) is 3. The molecule has 2 heterocycles. The summed E-state index contributed by atoms with van der Waals surface area (Å²) < 4.78 is 5.05. The highest BCUT2D eigenvalue weighted by Gasteiger charge is 2.10. The van der Waals surface area contributed by atoms with E-state index in [0.717, 1.165) is 16.8 Å². The van der Waals surface area contributed by atoms with Crippen LogP contribution in [0.25, 0.3) is 10.2 Å². The molecule has 104 valence electrons. The molecule has 0 fully saturated rings. The third kappa shape index (κ3) is 3.60. The first-order valence-electron chi connectivity index (χ1n) is 6.06. The number of aromatic nitrogens is 2. The number of methoxy groups -OCH3 is 1. The molecule has 2 aromatic heterocycles. The van der Waals surface area contributed by atoms with E-state index in [1.807, 2.05) is 16.3 Å². The monoisotopic (exact) mass is 282 g/mol. The van der Waals surface area contributed by atoms with Gasteiger partial charge in [0.05, 0.1) is 25.1 Å². The summed E-state index contributed by atoms with van der Waals surface area (Å²) in [5.74, 6) is 1.19. The zero-order valence-corrected chi connectivity index (χ0v) is 11.7. The van der Waals surface area contributed by atoms with Crippen molar-refractivity contribution < 1.29 is 9.84 Å². The molecule has 6 nitrogen and oxygen atoms in total. The van der Waals surface area contributed by atoms with Gasteiger partial charge in [0.25, 0.3) is 0 Å². The van der Waals surface area contributed by atoms with Gasteiger partial charge in [0, 0.05) is 20.2 Å². The van der Waals surface area contributed by atoms with Crippen molar-refractivity contribution in [3.63, 3.8) is 0 Å².